The van der Waals surface area contributed by atoms with Gasteiger partial charge in [0.1, 0.15) is 4.88 Å². The highest BCUT2D eigenvalue weighted by Crippen LogP contribution is 2.14. The lowest BCUT2D eigenvalue weighted by atomic mass is 10.2. The minimum Gasteiger partial charge on any atom is -0.395 e. The van der Waals surface area contributed by atoms with Gasteiger partial charge in [-0.25, -0.2) is 4.98 Å². The molecular weight excluding hydrogens is 244 g/mol. The van der Waals surface area contributed by atoms with Crippen LogP contribution in [0.1, 0.15) is 21.6 Å². The number of aliphatic hydroxyl groups excluding tert-OH is 1. The average Bonchev–Trinajstić information content (AvgIpc) is 2.66. The fourth-order valence-corrected chi connectivity index (χ4v) is 2.58. The second-order valence-corrected chi connectivity index (χ2v) is 5.77. The Morgan fingerprint density at radius 1 is 1.75 bits per heavy atom. The summed E-state index contributed by atoms with van der Waals surface area (Å²) >= 11 is 2.92. The largest absolute Gasteiger partial charge is 0.395 e. The van der Waals surface area contributed by atoms with E-state index in [2.05, 4.69) is 10.3 Å². The van der Waals surface area contributed by atoms with E-state index in [1.54, 1.807) is 18.0 Å². The molecule has 1 amide bonds. The molecule has 0 spiro atoms. The van der Waals surface area contributed by atoms with Crippen molar-refractivity contribution in [2.24, 2.45) is 0 Å². The maximum Gasteiger partial charge on any atom is 0.263 e. The number of aromatic nitrogens is 1. The number of carbonyl (C=O) groups excluding carboxylic acids is 1. The Morgan fingerprint density at radius 2 is 2.44 bits per heavy atom. The van der Waals surface area contributed by atoms with Crippen LogP contribution in [0.4, 0.5) is 0 Å². The molecule has 0 aliphatic heterocycles. The number of hydrogen-bond acceptors (Lipinski definition) is 5. The van der Waals surface area contributed by atoms with Gasteiger partial charge in [0.15, 0.2) is 0 Å². The van der Waals surface area contributed by atoms with E-state index in [1.807, 2.05) is 20.1 Å². The van der Waals surface area contributed by atoms with Crippen LogP contribution < -0.4 is 5.32 Å². The molecule has 0 saturated heterocycles. The fraction of sp³-hybridized carbons (Fsp3) is 0.600. The fourth-order valence-electron chi connectivity index (χ4n) is 1.27. The Hall–Kier alpha value is -0.590. The number of amides is 1. The van der Waals surface area contributed by atoms with Crippen LogP contribution in [0.2, 0.25) is 0 Å². The maximum atomic E-state index is 11.8. The number of nitrogens with zero attached hydrogens (tertiary/aromatic N) is 1. The van der Waals surface area contributed by atoms with Crippen LogP contribution in [0.3, 0.4) is 0 Å². The van der Waals surface area contributed by atoms with Crippen molar-refractivity contribution in [1.82, 2.24) is 10.3 Å². The molecule has 0 aliphatic carbocycles. The van der Waals surface area contributed by atoms with Gasteiger partial charge >= 0.3 is 0 Å². The van der Waals surface area contributed by atoms with Crippen LogP contribution in [0.5, 0.6) is 0 Å². The number of thiazole rings is 1. The van der Waals surface area contributed by atoms with E-state index in [0.29, 0.717) is 4.88 Å². The van der Waals surface area contributed by atoms with E-state index < -0.39 is 0 Å². The first-order valence-corrected chi connectivity index (χ1v) is 7.06. The first-order valence-electron chi connectivity index (χ1n) is 4.95. The summed E-state index contributed by atoms with van der Waals surface area (Å²) in [5.74, 6) is -0.120. The van der Waals surface area contributed by atoms with Crippen molar-refractivity contribution in [3.63, 3.8) is 0 Å². The van der Waals surface area contributed by atoms with Crippen LogP contribution in [-0.4, -0.2) is 40.2 Å². The van der Waals surface area contributed by atoms with Crippen molar-refractivity contribution in [1.29, 1.82) is 0 Å². The number of aryl methyl sites for hydroxylation is 1. The van der Waals surface area contributed by atoms with Crippen molar-refractivity contribution >= 4 is 29.0 Å². The van der Waals surface area contributed by atoms with Gasteiger partial charge in [-0.3, -0.25) is 4.79 Å². The van der Waals surface area contributed by atoms with Gasteiger partial charge in [0.2, 0.25) is 0 Å². The second-order valence-electron chi connectivity index (χ2n) is 3.46. The summed E-state index contributed by atoms with van der Waals surface area (Å²) in [6.45, 7) is 3.82. The van der Waals surface area contributed by atoms with Crippen molar-refractivity contribution in [3.8, 4) is 0 Å². The topological polar surface area (TPSA) is 62.2 Å². The summed E-state index contributed by atoms with van der Waals surface area (Å²) in [5, 5.41) is 12.9. The van der Waals surface area contributed by atoms with E-state index in [4.69, 9.17) is 5.11 Å². The smallest absolute Gasteiger partial charge is 0.263 e. The van der Waals surface area contributed by atoms with Crippen LogP contribution in [-0.2, 0) is 0 Å². The van der Waals surface area contributed by atoms with E-state index in [0.717, 1.165) is 5.01 Å². The zero-order chi connectivity index (χ0) is 12.1. The third-order valence-corrected chi connectivity index (χ3v) is 4.32. The molecule has 0 radical (unpaired) electrons. The van der Waals surface area contributed by atoms with Gasteiger partial charge in [0.05, 0.1) is 17.8 Å². The molecule has 2 unspecified atom stereocenters. The van der Waals surface area contributed by atoms with Gasteiger partial charge in [-0.2, -0.15) is 11.8 Å². The van der Waals surface area contributed by atoms with Crippen molar-refractivity contribution in [2.75, 3.05) is 12.9 Å². The standard InChI is InChI=1S/C10H16N2O2S2/c1-6(9(5-13)15-3)12-10(14)8-4-11-7(2)16-8/h4,6,9,13H,5H2,1-3H3,(H,12,14). The van der Waals surface area contributed by atoms with E-state index in [-0.39, 0.29) is 23.8 Å². The molecule has 2 N–H and O–H groups in total. The molecule has 16 heavy (non-hydrogen) atoms. The predicted octanol–water partition coefficient (Wildman–Crippen LogP) is 1.29. The van der Waals surface area contributed by atoms with Gasteiger partial charge in [-0.05, 0) is 20.1 Å². The van der Waals surface area contributed by atoms with Crippen LogP contribution in [0.15, 0.2) is 6.20 Å². The Kier molecular flexibility index (Phi) is 5.24. The molecule has 0 bridgehead atoms. The Labute approximate surface area is 103 Å². The summed E-state index contributed by atoms with van der Waals surface area (Å²) in [4.78, 5) is 16.4. The highest BCUT2D eigenvalue weighted by atomic mass is 32.2. The third-order valence-electron chi connectivity index (χ3n) is 2.24. The minimum atomic E-state index is -0.120. The van der Waals surface area contributed by atoms with Crippen molar-refractivity contribution in [3.05, 3.63) is 16.1 Å². The zero-order valence-corrected chi connectivity index (χ0v) is 11.2. The number of hydrogen-bond donors (Lipinski definition) is 2. The molecule has 90 valence electrons. The molecular formula is C10H16N2O2S2. The van der Waals surface area contributed by atoms with Gasteiger partial charge in [-0.15, -0.1) is 11.3 Å². The molecule has 0 aromatic carbocycles. The molecule has 4 nitrogen and oxygen atoms in total. The normalized spacial score (nSPS) is 14.5. The highest BCUT2D eigenvalue weighted by molar-refractivity contribution is 7.99. The van der Waals surface area contributed by atoms with Gasteiger partial charge in [0.25, 0.3) is 5.91 Å². The van der Waals surface area contributed by atoms with Crippen molar-refractivity contribution in [2.45, 2.75) is 25.1 Å². The summed E-state index contributed by atoms with van der Waals surface area (Å²) in [5.41, 5.74) is 0. The molecule has 1 aromatic heterocycles. The van der Waals surface area contributed by atoms with Crippen LogP contribution in [0.25, 0.3) is 0 Å². The SMILES string of the molecule is CSC(CO)C(C)NC(=O)c1cnc(C)s1. The number of carbonyl (C=O) groups is 1. The Balaban J connectivity index is 2.57. The molecule has 0 fully saturated rings. The summed E-state index contributed by atoms with van der Waals surface area (Å²) in [6.07, 6.45) is 3.50. The Morgan fingerprint density at radius 3 is 2.88 bits per heavy atom. The lowest BCUT2D eigenvalue weighted by Gasteiger charge is -2.20. The lowest BCUT2D eigenvalue weighted by Crippen LogP contribution is -2.40. The van der Waals surface area contributed by atoms with Crippen LogP contribution >= 0.6 is 23.1 Å². The molecule has 1 heterocycles. The average molecular weight is 260 g/mol. The summed E-state index contributed by atoms with van der Waals surface area (Å²) in [6, 6.07) is -0.0603. The monoisotopic (exact) mass is 260 g/mol. The summed E-state index contributed by atoms with van der Waals surface area (Å²) < 4.78 is 0. The number of rotatable bonds is 5. The summed E-state index contributed by atoms with van der Waals surface area (Å²) in [7, 11) is 0. The molecule has 1 rings (SSSR count). The van der Waals surface area contributed by atoms with Gasteiger partial charge in [-0.1, -0.05) is 0 Å². The van der Waals surface area contributed by atoms with Gasteiger partial charge in [0, 0.05) is 11.3 Å². The first kappa shape index (κ1) is 13.5. The molecule has 0 aliphatic rings. The van der Waals surface area contributed by atoms with Crippen LogP contribution in [0, 0.1) is 6.92 Å². The number of thioether (sulfide) groups is 1. The van der Waals surface area contributed by atoms with Gasteiger partial charge < -0.3 is 10.4 Å². The zero-order valence-electron chi connectivity index (χ0n) is 9.56. The molecule has 2 atom stereocenters. The van der Waals surface area contributed by atoms with E-state index >= 15 is 0 Å². The third kappa shape index (κ3) is 3.47. The second kappa shape index (κ2) is 6.22. The predicted molar refractivity (Wildman–Crippen MR) is 68.2 cm³/mol. The van der Waals surface area contributed by atoms with E-state index in [9.17, 15) is 4.79 Å². The lowest BCUT2D eigenvalue weighted by molar-refractivity contribution is 0.0940. The quantitative estimate of drug-likeness (QED) is 0.837. The Bertz CT molecular complexity index is 350. The minimum absolute atomic E-state index is 0.0259. The van der Waals surface area contributed by atoms with E-state index in [1.165, 1.54) is 11.3 Å². The molecule has 0 saturated carbocycles. The number of nitrogens with one attached hydrogen (secondary N) is 1. The first-order chi connectivity index (χ1) is 7.58. The molecule has 6 heteroatoms. The molecule has 1 aromatic rings. The highest BCUT2D eigenvalue weighted by Gasteiger charge is 2.19. The van der Waals surface area contributed by atoms with Crippen molar-refractivity contribution < 1.29 is 9.90 Å². The maximum absolute atomic E-state index is 11.8. The number of aliphatic hydroxyl groups is 1.